The predicted molar refractivity (Wildman–Crippen MR) is 93.6 cm³/mol. The van der Waals surface area contributed by atoms with Crippen LogP contribution in [0.15, 0.2) is 30.3 Å². The molecule has 0 fully saturated rings. The zero-order valence-corrected chi connectivity index (χ0v) is 13.8. The summed E-state index contributed by atoms with van der Waals surface area (Å²) in [6, 6.07) is 7.43. The van der Waals surface area contributed by atoms with Crippen LogP contribution < -0.4 is 15.8 Å². The van der Waals surface area contributed by atoms with Gasteiger partial charge in [-0.15, -0.1) is 0 Å². The maximum Gasteiger partial charge on any atom is 0.197 e. The number of benzene rings is 1. The second kappa shape index (κ2) is 7.15. The molecule has 1 heterocycles. The van der Waals surface area contributed by atoms with E-state index in [-0.39, 0.29) is 10.9 Å². The molecule has 0 saturated carbocycles. The summed E-state index contributed by atoms with van der Waals surface area (Å²) in [6.07, 6.45) is 3.27. The Bertz CT molecular complexity index is 721. The number of thiazole rings is 1. The molecule has 0 aliphatic rings. The van der Waals surface area contributed by atoms with Gasteiger partial charge in [0.15, 0.2) is 16.0 Å². The van der Waals surface area contributed by atoms with Crippen molar-refractivity contribution in [3.63, 3.8) is 0 Å². The van der Waals surface area contributed by atoms with Crippen LogP contribution in [-0.4, -0.2) is 23.0 Å². The normalized spacial score (nSPS) is 10.6. The molecule has 0 aliphatic heterocycles. The van der Waals surface area contributed by atoms with Crippen molar-refractivity contribution in [2.45, 2.75) is 6.92 Å². The van der Waals surface area contributed by atoms with Crippen molar-refractivity contribution in [1.82, 2.24) is 4.98 Å². The maximum atomic E-state index is 12.2. The number of ketones is 1. The number of ether oxygens (including phenoxy) is 1. The van der Waals surface area contributed by atoms with Gasteiger partial charge in [-0.05, 0) is 42.9 Å². The fourth-order valence-corrected chi connectivity index (χ4v) is 2.81. The number of allylic oxidation sites excluding steroid dienone is 1. The van der Waals surface area contributed by atoms with Gasteiger partial charge < -0.3 is 15.8 Å². The molecule has 7 heteroatoms. The molecule has 2 aromatic rings. The Hall–Kier alpha value is -2.25. The number of nitrogens with two attached hydrogens (primary N) is 1. The Morgan fingerprint density at radius 2 is 2.09 bits per heavy atom. The van der Waals surface area contributed by atoms with Crippen molar-refractivity contribution in [2.75, 3.05) is 12.4 Å². The third-order valence-corrected chi connectivity index (χ3v) is 3.98. The fraction of sp³-hybridized carbons (Fsp3) is 0.133. The lowest BCUT2D eigenvalue weighted by atomic mass is 10.1. The highest BCUT2D eigenvalue weighted by Crippen LogP contribution is 2.23. The molecule has 114 valence electrons. The lowest BCUT2D eigenvalue weighted by Crippen LogP contribution is -2.18. The van der Waals surface area contributed by atoms with Gasteiger partial charge in [0.1, 0.15) is 5.75 Å². The average molecular weight is 333 g/mol. The first-order valence-corrected chi connectivity index (χ1v) is 7.62. The number of aromatic nitrogens is 1. The summed E-state index contributed by atoms with van der Waals surface area (Å²) in [5.74, 6) is 0.664. The van der Waals surface area contributed by atoms with Gasteiger partial charge in [0.25, 0.3) is 0 Å². The first-order valence-electron chi connectivity index (χ1n) is 6.40. The van der Waals surface area contributed by atoms with Crippen LogP contribution in [-0.2, 0) is 0 Å². The summed E-state index contributed by atoms with van der Waals surface area (Å²) < 4.78 is 5.09. The second-order valence-corrected chi connectivity index (χ2v) is 5.83. The van der Waals surface area contributed by atoms with Gasteiger partial charge in [0.05, 0.1) is 17.7 Å². The first-order chi connectivity index (χ1) is 10.5. The maximum absolute atomic E-state index is 12.2. The van der Waals surface area contributed by atoms with Crippen LogP contribution in [0, 0.1) is 6.92 Å². The van der Waals surface area contributed by atoms with Gasteiger partial charge >= 0.3 is 0 Å². The number of rotatable bonds is 5. The molecule has 0 bridgehead atoms. The van der Waals surface area contributed by atoms with Crippen molar-refractivity contribution >= 4 is 45.7 Å². The molecule has 3 N–H and O–H groups in total. The number of thiocarbonyl (C=S) groups is 1. The molecule has 0 aliphatic carbocycles. The van der Waals surface area contributed by atoms with E-state index in [4.69, 9.17) is 22.7 Å². The van der Waals surface area contributed by atoms with Gasteiger partial charge in [-0.25, -0.2) is 4.98 Å². The third-order valence-electron chi connectivity index (χ3n) is 2.79. The van der Waals surface area contributed by atoms with Crippen LogP contribution in [0.5, 0.6) is 5.75 Å². The number of hydrogen-bond donors (Lipinski definition) is 2. The van der Waals surface area contributed by atoms with Crippen LogP contribution in [0.3, 0.4) is 0 Å². The Morgan fingerprint density at radius 1 is 1.41 bits per heavy atom. The summed E-state index contributed by atoms with van der Waals surface area (Å²) in [6.45, 7) is 1.77. The first kappa shape index (κ1) is 16.1. The van der Waals surface area contributed by atoms with Gasteiger partial charge in [0.2, 0.25) is 0 Å². The molecule has 0 unspecified atom stereocenters. The van der Waals surface area contributed by atoms with Crippen LogP contribution in [0.25, 0.3) is 6.08 Å². The number of nitrogens with one attached hydrogen (secondary N) is 1. The zero-order valence-electron chi connectivity index (χ0n) is 12.1. The minimum atomic E-state index is -0.109. The summed E-state index contributed by atoms with van der Waals surface area (Å²) >= 11 is 5.98. The molecule has 0 atom stereocenters. The number of carbonyl (C=O) groups is 1. The molecular formula is C15H15N3O2S2. The SMILES string of the molecule is COc1ccc(/C=C/C(=O)c2sc(NC(N)=S)nc2C)cc1. The van der Waals surface area contributed by atoms with E-state index in [1.807, 2.05) is 24.3 Å². The topological polar surface area (TPSA) is 77.2 Å². The molecule has 0 saturated heterocycles. The lowest BCUT2D eigenvalue weighted by Gasteiger charge is -1.98. The Kier molecular flexibility index (Phi) is 5.24. The van der Waals surface area contributed by atoms with Crippen molar-refractivity contribution in [2.24, 2.45) is 5.73 Å². The molecule has 0 spiro atoms. The largest absolute Gasteiger partial charge is 0.497 e. The lowest BCUT2D eigenvalue weighted by molar-refractivity contribution is 0.105. The fourth-order valence-electron chi connectivity index (χ4n) is 1.75. The van der Waals surface area contributed by atoms with E-state index < -0.39 is 0 Å². The van der Waals surface area contributed by atoms with Crippen LogP contribution in [0.2, 0.25) is 0 Å². The highest BCUT2D eigenvalue weighted by molar-refractivity contribution is 7.80. The molecule has 0 amide bonds. The van der Waals surface area contributed by atoms with Crippen LogP contribution in [0.1, 0.15) is 20.9 Å². The van der Waals surface area contributed by atoms with E-state index in [1.54, 1.807) is 20.1 Å². The summed E-state index contributed by atoms with van der Waals surface area (Å²) in [5, 5.41) is 3.38. The number of anilines is 1. The van der Waals surface area contributed by atoms with Gasteiger partial charge in [-0.1, -0.05) is 29.5 Å². The van der Waals surface area contributed by atoms with E-state index in [9.17, 15) is 4.79 Å². The minimum Gasteiger partial charge on any atom is -0.497 e. The molecule has 5 nitrogen and oxygen atoms in total. The number of methoxy groups -OCH3 is 1. The molecule has 0 radical (unpaired) electrons. The van der Waals surface area contributed by atoms with Crippen molar-refractivity contribution in [1.29, 1.82) is 0 Å². The number of carbonyl (C=O) groups excluding carboxylic acids is 1. The Morgan fingerprint density at radius 3 is 2.68 bits per heavy atom. The van der Waals surface area contributed by atoms with Crippen molar-refractivity contribution in [3.8, 4) is 5.75 Å². The number of aryl methyl sites for hydroxylation is 1. The minimum absolute atomic E-state index is 0.109. The number of hydrogen-bond acceptors (Lipinski definition) is 5. The Labute approximate surface area is 137 Å². The van der Waals surface area contributed by atoms with E-state index in [0.29, 0.717) is 15.7 Å². The summed E-state index contributed by atoms with van der Waals surface area (Å²) in [5.41, 5.74) is 6.96. The van der Waals surface area contributed by atoms with E-state index in [0.717, 1.165) is 11.3 Å². The molecule has 1 aromatic heterocycles. The van der Waals surface area contributed by atoms with Crippen LogP contribution in [0.4, 0.5) is 5.13 Å². The average Bonchev–Trinajstić information content (AvgIpc) is 2.85. The van der Waals surface area contributed by atoms with Crippen molar-refractivity contribution < 1.29 is 9.53 Å². The molecule has 1 aromatic carbocycles. The monoisotopic (exact) mass is 333 g/mol. The third kappa shape index (κ3) is 4.12. The summed E-state index contributed by atoms with van der Waals surface area (Å²) in [4.78, 5) is 17.0. The van der Waals surface area contributed by atoms with E-state index >= 15 is 0 Å². The smallest absolute Gasteiger partial charge is 0.197 e. The second-order valence-electron chi connectivity index (χ2n) is 4.39. The van der Waals surface area contributed by atoms with Crippen molar-refractivity contribution in [3.05, 3.63) is 46.5 Å². The predicted octanol–water partition coefficient (Wildman–Crippen LogP) is 3.01. The van der Waals surface area contributed by atoms with Gasteiger partial charge in [0, 0.05) is 0 Å². The highest BCUT2D eigenvalue weighted by atomic mass is 32.1. The highest BCUT2D eigenvalue weighted by Gasteiger charge is 2.13. The quantitative estimate of drug-likeness (QED) is 0.497. The van der Waals surface area contributed by atoms with Gasteiger partial charge in [-0.3, -0.25) is 4.79 Å². The Balaban J connectivity index is 2.12. The molecule has 22 heavy (non-hydrogen) atoms. The molecular weight excluding hydrogens is 318 g/mol. The standard InChI is InChI=1S/C15H15N3O2S2/c1-9-13(22-15(17-9)18-14(16)21)12(19)8-5-10-3-6-11(20-2)7-4-10/h3-8H,1-2H3,(H3,16,17,18,21)/b8-5+. The van der Waals surface area contributed by atoms with Gasteiger partial charge in [-0.2, -0.15) is 0 Å². The molecule has 2 rings (SSSR count). The number of nitrogens with zero attached hydrogens (tertiary/aromatic N) is 1. The zero-order chi connectivity index (χ0) is 16.1. The summed E-state index contributed by atoms with van der Waals surface area (Å²) in [7, 11) is 1.61. The van der Waals surface area contributed by atoms with Crippen LogP contribution >= 0.6 is 23.6 Å². The van der Waals surface area contributed by atoms with E-state index in [1.165, 1.54) is 17.4 Å². The van der Waals surface area contributed by atoms with E-state index in [2.05, 4.69) is 10.3 Å².